The number of carbonyl (C=O) groups is 1. The molecule has 6 rings (SSSR count). The molecule has 1 fully saturated rings. The average molecular weight is 548 g/mol. The van der Waals surface area contributed by atoms with Crippen LogP contribution in [0.3, 0.4) is 0 Å². The fourth-order valence-corrected chi connectivity index (χ4v) is 5.56. The molecule has 2 atom stereocenters. The number of nitrogen functional groups attached to an aromatic ring is 1. The van der Waals surface area contributed by atoms with E-state index in [9.17, 15) is 4.79 Å². The maximum absolute atomic E-state index is 14.0. The number of hydrogen-bond acceptors (Lipinski definition) is 7. The van der Waals surface area contributed by atoms with Gasteiger partial charge in [0.05, 0.1) is 11.6 Å². The van der Waals surface area contributed by atoms with Crippen molar-refractivity contribution in [3.63, 3.8) is 0 Å². The lowest BCUT2D eigenvalue weighted by atomic mass is 9.94. The zero-order chi connectivity index (χ0) is 28.6. The van der Waals surface area contributed by atoms with Crippen molar-refractivity contribution >= 4 is 11.6 Å². The first-order valence-electron chi connectivity index (χ1n) is 13.8. The normalized spacial score (nSPS) is 16.6. The van der Waals surface area contributed by atoms with Gasteiger partial charge in [-0.15, -0.1) is 10.2 Å². The van der Waals surface area contributed by atoms with E-state index in [0.717, 1.165) is 41.1 Å². The van der Waals surface area contributed by atoms with Crippen molar-refractivity contribution in [2.75, 3.05) is 12.3 Å². The van der Waals surface area contributed by atoms with Crippen molar-refractivity contribution in [3.8, 4) is 22.6 Å². The summed E-state index contributed by atoms with van der Waals surface area (Å²) >= 11 is 0. The lowest BCUT2D eigenvalue weighted by molar-refractivity contribution is 0.0719. The van der Waals surface area contributed by atoms with Gasteiger partial charge in [-0.3, -0.25) is 4.79 Å². The van der Waals surface area contributed by atoms with Crippen LogP contribution in [0.5, 0.6) is 0 Å². The van der Waals surface area contributed by atoms with Crippen LogP contribution in [-0.2, 0) is 12.0 Å². The van der Waals surface area contributed by atoms with Crippen LogP contribution in [0.2, 0.25) is 0 Å². The molecule has 1 saturated heterocycles. The van der Waals surface area contributed by atoms with Crippen LogP contribution in [0.1, 0.15) is 59.1 Å². The minimum Gasteiger partial charge on any atom is -0.464 e. The molecule has 3 heterocycles. The average Bonchev–Trinajstić information content (AvgIpc) is 3.74. The lowest BCUT2D eigenvalue weighted by Crippen LogP contribution is -2.35. The number of aromatic nitrogens is 2. The van der Waals surface area contributed by atoms with Crippen molar-refractivity contribution in [1.82, 2.24) is 15.1 Å². The highest BCUT2D eigenvalue weighted by atomic mass is 16.4. The maximum atomic E-state index is 14.0. The van der Waals surface area contributed by atoms with Crippen LogP contribution in [0, 0.1) is 6.92 Å². The molecule has 2 aromatic heterocycles. The zero-order valence-electron chi connectivity index (χ0n) is 23.2. The van der Waals surface area contributed by atoms with Crippen molar-refractivity contribution in [3.05, 3.63) is 113 Å². The summed E-state index contributed by atoms with van der Waals surface area (Å²) in [7, 11) is 0. The Bertz CT molecular complexity index is 1690. The van der Waals surface area contributed by atoms with Crippen LogP contribution in [0.15, 0.2) is 93.8 Å². The minimum atomic E-state index is -0.878. The van der Waals surface area contributed by atoms with E-state index < -0.39 is 5.54 Å². The molecule has 0 saturated carbocycles. The zero-order valence-corrected chi connectivity index (χ0v) is 23.2. The first-order chi connectivity index (χ1) is 19.8. The molecule has 1 unspecified atom stereocenters. The molecular formula is C33H33N5O3. The monoisotopic (exact) mass is 547 g/mol. The summed E-state index contributed by atoms with van der Waals surface area (Å²) in [5.41, 5.74) is 16.5. The van der Waals surface area contributed by atoms with Crippen molar-refractivity contribution in [2.45, 2.75) is 44.7 Å². The number of likely N-dealkylation sites (tertiary alicyclic amines) is 1. The largest absolute Gasteiger partial charge is 0.464 e. The van der Waals surface area contributed by atoms with Gasteiger partial charge >= 0.3 is 0 Å². The second-order valence-corrected chi connectivity index (χ2v) is 11.0. The first kappa shape index (κ1) is 26.5. The highest BCUT2D eigenvalue weighted by molar-refractivity contribution is 5.98. The van der Waals surface area contributed by atoms with E-state index in [1.165, 1.54) is 0 Å². The third kappa shape index (κ3) is 5.38. The van der Waals surface area contributed by atoms with Gasteiger partial charge in [-0.05, 0) is 80.6 Å². The molecule has 41 heavy (non-hydrogen) atoms. The van der Waals surface area contributed by atoms with E-state index in [-0.39, 0.29) is 17.8 Å². The molecule has 4 N–H and O–H groups in total. The second kappa shape index (κ2) is 10.7. The summed E-state index contributed by atoms with van der Waals surface area (Å²) in [6, 6.07) is 26.9. The number of carbonyl (C=O) groups excluding carboxylic acids is 1. The summed E-state index contributed by atoms with van der Waals surface area (Å²) in [6.07, 6.45) is 2.28. The molecule has 0 aliphatic carbocycles. The molecule has 208 valence electrons. The summed E-state index contributed by atoms with van der Waals surface area (Å²) in [4.78, 5) is 15.9. The number of rotatable bonds is 7. The number of furan rings is 1. The molecule has 8 nitrogen and oxygen atoms in total. The first-order valence-corrected chi connectivity index (χ1v) is 13.8. The highest BCUT2D eigenvalue weighted by Gasteiger charge is 2.34. The Morgan fingerprint density at radius 1 is 0.976 bits per heavy atom. The summed E-state index contributed by atoms with van der Waals surface area (Å²) in [5.74, 6) is 2.15. The van der Waals surface area contributed by atoms with Crippen LogP contribution >= 0.6 is 0 Å². The molecule has 3 aromatic carbocycles. The van der Waals surface area contributed by atoms with Gasteiger partial charge in [-0.1, -0.05) is 48.5 Å². The van der Waals surface area contributed by atoms with E-state index in [1.54, 1.807) is 6.07 Å². The van der Waals surface area contributed by atoms with Gasteiger partial charge in [-0.2, -0.15) is 0 Å². The fraction of sp³-hybridized carbons (Fsp3) is 0.242. The molecular weight excluding hydrogens is 514 g/mol. The quantitative estimate of drug-likeness (QED) is 0.230. The number of para-hydroxylation sites is 1. The smallest absolute Gasteiger partial charge is 0.254 e. The van der Waals surface area contributed by atoms with Crippen molar-refractivity contribution in [2.24, 2.45) is 5.73 Å². The summed E-state index contributed by atoms with van der Waals surface area (Å²) in [5, 5.41) is 8.66. The van der Waals surface area contributed by atoms with Gasteiger partial charge in [0.25, 0.3) is 5.91 Å². The summed E-state index contributed by atoms with van der Waals surface area (Å²) < 4.78 is 12.1. The number of anilines is 1. The molecule has 0 spiro atoms. The number of benzene rings is 3. The van der Waals surface area contributed by atoms with E-state index in [1.807, 2.05) is 97.6 Å². The van der Waals surface area contributed by atoms with Gasteiger partial charge in [0.1, 0.15) is 11.5 Å². The van der Waals surface area contributed by atoms with Gasteiger partial charge in [0, 0.05) is 28.9 Å². The van der Waals surface area contributed by atoms with E-state index in [4.69, 9.17) is 20.3 Å². The van der Waals surface area contributed by atoms with Gasteiger partial charge in [0.2, 0.25) is 11.8 Å². The van der Waals surface area contributed by atoms with Crippen molar-refractivity contribution in [1.29, 1.82) is 0 Å². The Labute approximate surface area is 239 Å². The highest BCUT2D eigenvalue weighted by Crippen LogP contribution is 2.37. The molecule has 0 radical (unpaired) electrons. The van der Waals surface area contributed by atoms with Crippen LogP contribution in [0.25, 0.3) is 22.6 Å². The van der Waals surface area contributed by atoms with E-state index >= 15 is 0 Å². The molecule has 1 aliphatic rings. The number of nitrogens with zero attached hydrogens (tertiary/aromatic N) is 3. The van der Waals surface area contributed by atoms with Crippen LogP contribution < -0.4 is 11.5 Å². The predicted molar refractivity (Wildman–Crippen MR) is 158 cm³/mol. The van der Waals surface area contributed by atoms with Gasteiger partial charge < -0.3 is 25.2 Å². The topological polar surface area (TPSA) is 124 Å². The Morgan fingerprint density at radius 2 is 1.73 bits per heavy atom. The number of hydrogen-bond donors (Lipinski definition) is 2. The second-order valence-electron chi connectivity index (χ2n) is 11.0. The molecule has 1 aliphatic heterocycles. The van der Waals surface area contributed by atoms with Gasteiger partial charge in [0.15, 0.2) is 0 Å². The van der Waals surface area contributed by atoms with E-state index in [0.29, 0.717) is 35.7 Å². The standard InChI is InChI=1S/C33H33N5O3/c1-21-14-15-29(40-21)28-13-8-16-38(28)31(39)25-18-23(26-11-6-7-12-27(26)34)17-24(19-25)30-36-37-32(41-30)33(2,35)20-22-9-4-3-5-10-22/h3-7,9-12,14-15,17-19,28H,8,13,16,20,34-35H2,1-2H3/t28?,33-/m1/s1. The molecule has 5 aromatic rings. The van der Waals surface area contributed by atoms with E-state index in [2.05, 4.69) is 10.2 Å². The molecule has 1 amide bonds. The third-order valence-electron chi connectivity index (χ3n) is 7.63. The van der Waals surface area contributed by atoms with Crippen molar-refractivity contribution < 1.29 is 13.6 Å². The number of nitrogens with two attached hydrogens (primary N) is 2. The van der Waals surface area contributed by atoms with Crippen LogP contribution in [-0.4, -0.2) is 27.5 Å². The lowest BCUT2D eigenvalue weighted by Gasteiger charge is -2.24. The minimum absolute atomic E-state index is 0.0911. The predicted octanol–water partition coefficient (Wildman–Crippen LogP) is 6.28. The maximum Gasteiger partial charge on any atom is 0.254 e. The Balaban J connectivity index is 1.38. The number of amides is 1. The summed E-state index contributed by atoms with van der Waals surface area (Å²) in [6.45, 7) is 4.43. The Kier molecular flexibility index (Phi) is 6.93. The fourth-order valence-electron chi connectivity index (χ4n) is 5.56. The SMILES string of the molecule is Cc1ccc(C2CCCN2C(=O)c2cc(-c3nnc([C@](C)(N)Cc4ccccc4)o3)cc(-c3ccccc3N)c2)o1. The molecule has 8 heteroatoms. The van der Waals surface area contributed by atoms with Gasteiger partial charge in [-0.25, -0.2) is 0 Å². The third-order valence-corrected chi connectivity index (χ3v) is 7.63. The number of aryl methyl sites for hydroxylation is 1. The molecule has 0 bridgehead atoms. The van der Waals surface area contributed by atoms with Crippen LogP contribution in [0.4, 0.5) is 5.69 Å². The Morgan fingerprint density at radius 3 is 2.49 bits per heavy atom. The Hall–Kier alpha value is -4.69.